The van der Waals surface area contributed by atoms with E-state index in [2.05, 4.69) is 26.0 Å². The third-order valence-corrected chi connectivity index (χ3v) is 4.74. The lowest BCUT2D eigenvalue weighted by Crippen LogP contribution is -2.07. The van der Waals surface area contributed by atoms with Crippen LogP contribution >= 0.6 is 11.6 Å². The van der Waals surface area contributed by atoms with Crippen LogP contribution in [0, 0.1) is 0 Å². The first-order valence-electron chi connectivity index (χ1n) is 7.12. The summed E-state index contributed by atoms with van der Waals surface area (Å²) in [5, 5.41) is 0.955. The number of hydrogen-bond donors (Lipinski definition) is 0. The quantitative estimate of drug-likeness (QED) is 0.733. The van der Waals surface area contributed by atoms with Crippen LogP contribution in [0.5, 0.6) is 0 Å². The summed E-state index contributed by atoms with van der Waals surface area (Å²) in [4.78, 5) is 0. The van der Waals surface area contributed by atoms with Gasteiger partial charge in [-0.25, -0.2) is 0 Å². The molecule has 3 atom stereocenters. The van der Waals surface area contributed by atoms with Crippen molar-refractivity contribution in [1.29, 1.82) is 0 Å². The van der Waals surface area contributed by atoms with E-state index in [1.807, 2.05) is 0 Å². The number of rotatable bonds is 3. The molecule has 1 aliphatic carbocycles. The summed E-state index contributed by atoms with van der Waals surface area (Å²) in [5.41, 5.74) is 4.32. The molecule has 1 aliphatic heterocycles. The Morgan fingerprint density at radius 1 is 1.28 bits per heavy atom. The summed E-state index contributed by atoms with van der Waals surface area (Å²) in [6.45, 7) is 4.41. The maximum Gasteiger partial charge on any atom is 0.0844 e. The molecule has 0 saturated carbocycles. The molecule has 18 heavy (non-hydrogen) atoms. The molecule has 1 heterocycles. The summed E-state index contributed by atoms with van der Waals surface area (Å²) in [6, 6.07) is 4.56. The Kier molecular flexibility index (Phi) is 3.38. The summed E-state index contributed by atoms with van der Waals surface area (Å²) in [7, 11) is 0. The molecule has 1 saturated heterocycles. The van der Waals surface area contributed by atoms with Crippen LogP contribution in [0.15, 0.2) is 12.1 Å². The Hall–Kier alpha value is -0.530. The predicted octanol–water partition coefficient (Wildman–Crippen LogP) is 4.50. The van der Waals surface area contributed by atoms with Gasteiger partial charge in [0.15, 0.2) is 0 Å². The van der Waals surface area contributed by atoms with Crippen LogP contribution in [0.25, 0.3) is 0 Å². The van der Waals surface area contributed by atoms with E-state index >= 15 is 0 Å². The SMILES string of the molecule is CC(CC1OC1C)c1cc2c(cc1Cl)CCCC2. The zero-order valence-electron chi connectivity index (χ0n) is 11.2. The number of aryl methyl sites for hydroxylation is 2. The van der Waals surface area contributed by atoms with Gasteiger partial charge in [-0.2, -0.15) is 0 Å². The molecule has 0 N–H and O–H groups in total. The number of benzene rings is 1. The van der Waals surface area contributed by atoms with Crippen molar-refractivity contribution in [3.05, 3.63) is 33.8 Å². The highest BCUT2D eigenvalue weighted by Crippen LogP contribution is 2.37. The second kappa shape index (κ2) is 4.86. The van der Waals surface area contributed by atoms with E-state index in [1.165, 1.54) is 42.4 Å². The normalized spacial score (nSPS) is 27.7. The fourth-order valence-corrected chi connectivity index (χ4v) is 3.48. The van der Waals surface area contributed by atoms with Crippen molar-refractivity contribution < 1.29 is 4.74 Å². The van der Waals surface area contributed by atoms with Crippen molar-refractivity contribution in [2.45, 2.75) is 64.1 Å². The minimum absolute atomic E-state index is 0.448. The third-order valence-electron chi connectivity index (χ3n) is 4.41. The summed E-state index contributed by atoms with van der Waals surface area (Å²) < 4.78 is 5.52. The third kappa shape index (κ3) is 2.44. The summed E-state index contributed by atoms with van der Waals surface area (Å²) >= 11 is 6.46. The number of fused-ring (bicyclic) bond motifs is 1. The van der Waals surface area contributed by atoms with Gasteiger partial charge in [-0.05, 0) is 67.7 Å². The van der Waals surface area contributed by atoms with Gasteiger partial charge in [0.1, 0.15) is 0 Å². The molecule has 1 fully saturated rings. The van der Waals surface area contributed by atoms with E-state index in [1.54, 1.807) is 0 Å². The molecule has 0 bridgehead atoms. The Balaban J connectivity index is 1.82. The van der Waals surface area contributed by atoms with Crippen LogP contribution < -0.4 is 0 Å². The van der Waals surface area contributed by atoms with Crippen molar-refractivity contribution >= 4 is 11.6 Å². The van der Waals surface area contributed by atoms with Crippen molar-refractivity contribution in [2.75, 3.05) is 0 Å². The maximum absolute atomic E-state index is 6.46. The van der Waals surface area contributed by atoms with Gasteiger partial charge in [0.05, 0.1) is 12.2 Å². The molecule has 1 aromatic carbocycles. The van der Waals surface area contributed by atoms with Gasteiger partial charge in [-0.3, -0.25) is 0 Å². The van der Waals surface area contributed by atoms with Gasteiger partial charge >= 0.3 is 0 Å². The highest BCUT2D eigenvalue weighted by Gasteiger charge is 2.35. The molecule has 0 spiro atoms. The van der Waals surface area contributed by atoms with Gasteiger partial charge in [-0.1, -0.05) is 24.6 Å². The van der Waals surface area contributed by atoms with Crippen LogP contribution in [0.4, 0.5) is 0 Å². The lowest BCUT2D eigenvalue weighted by Gasteiger charge is -2.20. The molecule has 0 aromatic heterocycles. The fourth-order valence-electron chi connectivity index (χ4n) is 3.11. The van der Waals surface area contributed by atoms with Crippen LogP contribution in [0.3, 0.4) is 0 Å². The lowest BCUT2D eigenvalue weighted by atomic mass is 9.86. The minimum atomic E-state index is 0.448. The molecule has 2 aliphatic rings. The van der Waals surface area contributed by atoms with Crippen LogP contribution in [0.1, 0.15) is 55.7 Å². The number of hydrogen-bond acceptors (Lipinski definition) is 1. The number of epoxide rings is 1. The molecule has 0 amide bonds. The van der Waals surface area contributed by atoms with E-state index in [0.717, 1.165) is 11.4 Å². The second-order valence-corrected chi connectivity index (χ2v) is 6.27. The van der Waals surface area contributed by atoms with Crippen molar-refractivity contribution in [3.63, 3.8) is 0 Å². The molecular formula is C16H21ClO. The van der Waals surface area contributed by atoms with Crippen molar-refractivity contribution in [2.24, 2.45) is 0 Å². The standard InChI is InChI=1S/C16H21ClO/c1-10(7-16-11(2)18-16)14-8-12-5-3-4-6-13(12)9-15(14)17/h8-11,16H,3-7H2,1-2H3. The highest BCUT2D eigenvalue weighted by atomic mass is 35.5. The Morgan fingerprint density at radius 3 is 2.50 bits per heavy atom. The van der Waals surface area contributed by atoms with E-state index in [9.17, 15) is 0 Å². The molecule has 2 heteroatoms. The van der Waals surface area contributed by atoms with E-state index < -0.39 is 0 Å². The monoisotopic (exact) mass is 264 g/mol. The topological polar surface area (TPSA) is 12.5 Å². The van der Waals surface area contributed by atoms with E-state index in [-0.39, 0.29) is 0 Å². The van der Waals surface area contributed by atoms with Gasteiger partial charge < -0.3 is 4.74 Å². The zero-order valence-corrected chi connectivity index (χ0v) is 12.0. The first-order chi connectivity index (χ1) is 8.65. The van der Waals surface area contributed by atoms with Crippen LogP contribution in [-0.2, 0) is 17.6 Å². The molecule has 3 rings (SSSR count). The lowest BCUT2D eigenvalue weighted by molar-refractivity contribution is 0.362. The van der Waals surface area contributed by atoms with Crippen LogP contribution in [0.2, 0.25) is 5.02 Å². The Labute approximate surface area is 114 Å². The van der Waals surface area contributed by atoms with Crippen molar-refractivity contribution in [1.82, 2.24) is 0 Å². The zero-order chi connectivity index (χ0) is 12.7. The molecule has 0 radical (unpaired) electrons. The molecule has 98 valence electrons. The predicted molar refractivity (Wildman–Crippen MR) is 75.5 cm³/mol. The highest BCUT2D eigenvalue weighted by molar-refractivity contribution is 6.31. The molecule has 1 aromatic rings. The minimum Gasteiger partial charge on any atom is -0.370 e. The van der Waals surface area contributed by atoms with Gasteiger partial charge in [0, 0.05) is 5.02 Å². The average molecular weight is 265 g/mol. The maximum atomic E-state index is 6.46. The fraction of sp³-hybridized carbons (Fsp3) is 0.625. The number of halogens is 1. The van der Waals surface area contributed by atoms with E-state index in [0.29, 0.717) is 18.1 Å². The van der Waals surface area contributed by atoms with Gasteiger partial charge in [0.2, 0.25) is 0 Å². The van der Waals surface area contributed by atoms with Gasteiger partial charge in [-0.15, -0.1) is 0 Å². The number of ether oxygens (including phenoxy) is 1. The van der Waals surface area contributed by atoms with Gasteiger partial charge in [0.25, 0.3) is 0 Å². The summed E-state index contributed by atoms with van der Waals surface area (Å²) in [5.74, 6) is 0.500. The summed E-state index contributed by atoms with van der Waals surface area (Å²) in [6.07, 6.45) is 7.06. The molecule has 3 unspecified atom stereocenters. The van der Waals surface area contributed by atoms with E-state index in [4.69, 9.17) is 16.3 Å². The largest absolute Gasteiger partial charge is 0.370 e. The Bertz CT molecular complexity index is 455. The Morgan fingerprint density at radius 2 is 1.89 bits per heavy atom. The second-order valence-electron chi connectivity index (χ2n) is 5.87. The smallest absolute Gasteiger partial charge is 0.0844 e. The average Bonchev–Trinajstić information content (AvgIpc) is 3.03. The van der Waals surface area contributed by atoms with Crippen molar-refractivity contribution in [3.8, 4) is 0 Å². The molecule has 1 nitrogen and oxygen atoms in total. The van der Waals surface area contributed by atoms with Crippen LogP contribution in [-0.4, -0.2) is 12.2 Å². The first-order valence-corrected chi connectivity index (χ1v) is 7.49. The first kappa shape index (κ1) is 12.5. The molecular weight excluding hydrogens is 244 g/mol.